The first-order chi connectivity index (χ1) is 14.1. The molecule has 0 amide bonds. The molecule has 5 N–H and O–H groups in total. The van der Waals surface area contributed by atoms with Crippen molar-refractivity contribution in [3.63, 3.8) is 0 Å². The summed E-state index contributed by atoms with van der Waals surface area (Å²) in [6.07, 6.45) is -3.03. The first-order valence-electron chi connectivity index (χ1n) is 8.94. The Bertz CT molecular complexity index is 1070. The molecule has 1 aliphatic heterocycles. The quantitative estimate of drug-likeness (QED) is 0.562. The van der Waals surface area contributed by atoms with Crippen LogP contribution in [-0.2, 0) is 4.79 Å². The van der Waals surface area contributed by atoms with E-state index in [1.54, 1.807) is 7.11 Å². The molecule has 0 saturated carbocycles. The highest BCUT2D eigenvalue weighted by Crippen LogP contribution is 2.35. The van der Waals surface area contributed by atoms with Gasteiger partial charge in [0.05, 0.1) is 12.5 Å². The highest BCUT2D eigenvalue weighted by atomic mass is 19.4. The zero-order valence-corrected chi connectivity index (χ0v) is 15.9. The van der Waals surface area contributed by atoms with Crippen molar-refractivity contribution in [2.24, 2.45) is 5.73 Å². The monoisotopic (exact) mass is 427 g/mol. The average molecular weight is 427 g/mol. The second-order valence-corrected chi connectivity index (χ2v) is 6.70. The summed E-state index contributed by atoms with van der Waals surface area (Å²) in [4.78, 5) is 19.8. The lowest BCUT2D eigenvalue weighted by molar-refractivity contribution is -0.192. The minimum atomic E-state index is -5.08. The second kappa shape index (κ2) is 8.22. The minimum Gasteiger partial charge on any atom is -0.497 e. The lowest BCUT2D eigenvalue weighted by atomic mass is 10.1. The van der Waals surface area contributed by atoms with Crippen LogP contribution in [-0.4, -0.2) is 53.5 Å². The molecule has 9 nitrogen and oxygen atoms in total. The van der Waals surface area contributed by atoms with Gasteiger partial charge in [0.1, 0.15) is 16.8 Å². The average Bonchev–Trinajstić information content (AvgIpc) is 3.04. The number of methoxy groups -OCH3 is 1. The van der Waals surface area contributed by atoms with Gasteiger partial charge >= 0.3 is 12.1 Å². The summed E-state index contributed by atoms with van der Waals surface area (Å²) in [6, 6.07) is 5.77. The second-order valence-electron chi connectivity index (χ2n) is 6.70. The summed E-state index contributed by atoms with van der Waals surface area (Å²) in [5.41, 5.74) is 14.1. The van der Waals surface area contributed by atoms with Crippen LogP contribution in [0.1, 0.15) is 12.8 Å². The Hall–Kier alpha value is -3.28. The summed E-state index contributed by atoms with van der Waals surface area (Å²) >= 11 is 0. The van der Waals surface area contributed by atoms with Crippen LogP contribution in [0.5, 0.6) is 5.75 Å². The van der Waals surface area contributed by atoms with Crippen LogP contribution in [0.3, 0.4) is 0 Å². The number of carboxylic acid groups (broad SMARTS) is 1. The number of nitrogen functional groups attached to an aromatic ring is 1. The Morgan fingerprint density at radius 2 is 2.07 bits per heavy atom. The molecule has 1 atom stereocenters. The number of carboxylic acids is 1. The van der Waals surface area contributed by atoms with Crippen molar-refractivity contribution in [1.82, 2.24) is 9.97 Å². The third kappa shape index (κ3) is 4.48. The van der Waals surface area contributed by atoms with Gasteiger partial charge in [0.25, 0.3) is 0 Å². The maximum Gasteiger partial charge on any atom is 0.490 e. The van der Waals surface area contributed by atoms with Gasteiger partial charge in [0, 0.05) is 19.1 Å². The van der Waals surface area contributed by atoms with Crippen molar-refractivity contribution in [2.75, 3.05) is 30.8 Å². The molecule has 1 fully saturated rings. The van der Waals surface area contributed by atoms with Crippen LogP contribution in [0.2, 0.25) is 0 Å². The van der Waals surface area contributed by atoms with Crippen molar-refractivity contribution >= 4 is 39.8 Å². The minimum absolute atomic E-state index is 0.138. The summed E-state index contributed by atoms with van der Waals surface area (Å²) in [7, 11) is 1.63. The van der Waals surface area contributed by atoms with E-state index in [4.69, 9.17) is 30.5 Å². The summed E-state index contributed by atoms with van der Waals surface area (Å²) in [5, 5.41) is 8.00. The Kier molecular flexibility index (Phi) is 5.87. The number of nitrogens with two attached hydrogens (primary N) is 2. The van der Waals surface area contributed by atoms with Gasteiger partial charge in [-0.2, -0.15) is 18.2 Å². The zero-order valence-electron chi connectivity index (χ0n) is 15.9. The largest absolute Gasteiger partial charge is 0.497 e. The van der Waals surface area contributed by atoms with Crippen LogP contribution in [0.4, 0.5) is 24.9 Å². The number of halogens is 3. The molecular weight excluding hydrogens is 407 g/mol. The molecule has 3 heterocycles. The maximum atomic E-state index is 10.6. The normalized spacial score (nSPS) is 17.0. The van der Waals surface area contributed by atoms with Crippen LogP contribution in [0.15, 0.2) is 22.6 Å². The van der Waals surface area contributed by atoms with E-state index in [0.29, 0.717) is 11.1 Å². The summed E-state index contributed by atoms with van der Waals surface area (Å²) in [6.45, 7) is 1.63. The van der Waals surface area contributed by atoms with E-state index in [2.05, 4.69) is 14.9 Å². The molecule has 0 spiro atoms. The predicted octanol–water partition coefficient (Wildman–Crippen LogP) is 2.53. The van der Waals surface area contributed by atoms with Gasteiger partial charge in [0.2, 0.25) is 5.95 Å². The van der Waals surface area contributed by atoms with Crippen LogP contribution < -0.4 is 21.1 Å². The number of benzene rings is 1. The molecule has 1 aliphatic rings. The van der Waals surface area contributed by atoms with Gasteiger partial charge in [-0.1, -0.05) is 0 Å². The fourth-order valence-electron chi connectivity index (χ4n) is 3.17. The number of fused-ring (bicyclic) bond motifs is 3. The van der Waals surface area contributed by atoms with Crippen molar-refractivity contribution < 1.29 is 32.2 Å². The number of carbonyl (C=O) groups is 1. The lowest BCUT2D eigenvalue weighted by Gasteiger charge is -2.31. The molecule has 4 rings (SSSR count). The molecule has 0 unspecified atom stereocenters. The number of aliphatic carboxylic acids is 1. The van der Waals surface area contributed by atoms with Gasteiger partial charge in [-0.15, -0.1) is 0 Å². The molecule has 0 radical (unpaired) electrons. The van der Waals surface area contributed by atoms with Crippen molar-refractivity contribution in [3.8, 4) is 5.75 Å². The number of hydrogen-bond donors (Lipinski definition) is 3. The number of hydrogen-bond acceptors (Lipinski definition) is 8. The molecule has 0 bridgehead atoms. The number of piperidine rings is 1. The summed E-state index contributed by atoms with van der Waals surface area (Å²) in [5.74, 6) is -1.05. The number of rotatable bonds is 2. The van der Waals surface area contributed by atoms with Crippen molar-refractivity contribution in [1.29, 1.82) is 0 Å². The number of nitrogens with zero attached hydrogens (tertiary/aromatic N) is 3. The molecule has 12 heteroatoms. The number of alkyl halides is 3. The molecule has 2 aromatic heterocycles. The SMILES string of the molecule is COc1ccc2oc3c(N4CCC[C@H](N)C4)nc(N)nc3c2c1.O=C(O)C(F)(F)F. The fourth-order valence-corrected chi connectivity index (χ4v) is 3.17. The summed E-state index contributed by atoms with van der Waals surface area (Å²) < 4.78 is 43.0. The van der Waals surface area contributed by atoms with Crippen molar-refractivity contribution in [3.05, 3.63) is 18.2 Å². The third-order valence-electron chi connectivity index (χ3n) is 4.52. The highest BCUT2D eigenvalue weighted by molar-refractivity contribution is 6.06. The molecule has 1 aromatic carbocycles. The molecule has 3 aromatic rings. The Morgan fingerprint density at radius 3 is 2.67 bits per heavy atom. The Morgan fingerprint density at radius 1 is 1.37 bits per heavy atom. The maximum absolute atomic E-state index is 10.6. The topological polar surface area (TPSA) is 141 Å². The van der Waals surface area contributed by atoms with E-state index in [1.165, 1.54) is 0 Å². The van der Waals surface area contributed by atoms with E-state index in [0.717, 1.165) is 48.5 Å². The van der Waals surface area contributed by atoms with Gasteiger partial charge in [-0.05, 0) is 31.0 Å². The van der Waals surface area contributed by atoms with Crippen LogP contribution in [0.25, 0.3) is 22.1 Å². The van der Waals surface area contributed by atoms with Gasteiger partial charge < -0.3 is 30.6 Å². The van der Waals surface area contributed by atoms with Gasteiger partial charge in [0.15, 0.2) is 11.4 Å². The first-order valence-corrected chi connectivity index (χ1v) is 8.94. The first kappa shape index (κ1) is 21.4. The lowest BCUT2D eigenvalue weighted by Crippen LogP contribution is -2.43. The number of ether oxygens (including phenoxy) is 1. The van der Waals surface area contributed by atoms with E-state index < -0.39 is 12.1 Å². The molecule has 162 valence electrons. The number of aromatic nitrogens is 2. The number of furan rings is 1. The highest BCUT2D eigenvalue weighted by Gasteiger charge is 2.38. The third-order valence-corrected chi connectivity index (χ3v) is 4.52. The standard InChI is InChI=1S/C16H19N5O2.C2HF3O2/c1-22-10-4-5-12-11(7-10)13-14(23-12)15(20-16(18)19-13)21-6-2-3-9(17)8-21;3-2(4,5)1(6)7/h4-5,7,9H,2-3,6,8,17H2,1H3,(H2,18,19,20);(H,6,7)/t9-;/m0./s1. The smallest absolute Gasteiger partial charge is 0.490 e. The molecule has 30 heavy (non-hydrogen) atoms. The van der Waals surface area contributed by atoms with Gasteiger partial charge in [-0.25, -0.2) is 9.78 Å². The molecule has 0 aliphatic carbocycles. The van der Waals surface area contributed by atoms with E-state index in [-0.39, 0.29) is 12.0 Å². The van der Waals surface area contributed by atoms with Crippen LogP contribution >= 0.6 is 0 Å². The fraction of sp³-hybridized carbons (Fsp3) is 0.389. The Balaban J connectivity index is 0.000000318. The van der Waals surface area contributed by atoms with Crippen molar-refractivity contribution in [2.45, 2.75) is 25.1 Å². The zero-order chi connectivity index (χ0) is 22.1. The predicted molar refractivity (Wildman–Crippen MR) is 103 cm³/mol. The van der Waals surface area contributed by atoms with E-state index >= 15 is 0 Å². The van der Waals surface area contributed by atoms with Gasteiger partial charge in [-0.3, -0.25) is 0 Å². The Labute approximate surface area is 168 Å². The molecule has 1 saturated heterocycles. The number of anilines is 2. The molecular formula is C18H20F3N5O4. The van der Waals surface area contributed by atoms with E-state index in [1.807, 2.05) is 18.2 Å². The van der Waals surface area contributed by atoms with E-state index in [9.17, 15) is 13.2 Å². The van der Waals surface area contributed by atoms with Crippen LogP contribution in [0, 0.1) is 0 Å².